The van der Waals surface area contributed by atoms with E-state index in [1.54, 1.807) is 26.2 Å². The normalized spacial score (nSPS) is 15.8. The molecule has 1 saturated heterocycles. The first-order chi connectivity index (χ1) is 21.5. The first kappa shape index (κ1) is 35.2. The summed E-state index contributed by atoms with van der Waals surface area (Å²) >= 11 is 1.07. The number of carbonyl (C=O) groups is 2. The topological polar surface area (TPSA) is 83.6 Å². The number of ether oxygens (including phenoxy) is 1. The summed E-state index contributed by atoms with van der Waals surface area (Å²) in [6, 6.07) is 11.4. The van der Waals surface area contributed by atoms with Crippen LogP contribution >= 0.6 is 11.3 Å². The van der Waals surface area contributed by atoms with Crippen LogP contribution in [0.5, 0.6) is 0 Å². The summed E-state index contributed by atoms with van der Waals surface area (Å²) in [5, 5.41) is 6.81. The standard InChI is InChI=1S/C32H36F6N4O3S/c1-30(2,3)45-29(44)41-28-40-26(19-46-28)25(11-14-42-12-9-22(10-13-42)21-7-5-4-6-8-21)27(43)39-18-20-15-23(31(33,34)35)17-24(16-20)32(36,37)38/h4-8,15-17,19,22,25H,9-14,18H2,1-3H3,(H,39,43)(H,40,41,44)/t25-/m1/s1. The highest BCUT2D eigenvalue weighted by atomic mass is 32.1. The van der Waals surface area contributed by atoms with E-state index < -0.39 is 53.5 Å². The number of likely N-dealkylation sites (tertiary alicyclic amines) is 1. The molecule has 46 heavy (non-hydrogen) atoms. The van der Waals surface area contributed by atoms with E-state index in [-0.39, 0.29) is 23.2 Å². The van der Waals surface area contributed by atoms with Crippen LogP contribution in [0.3, 0.4) is 0 Å². The summed E-state index contributed by atoms with van der Waals surface area (Å²) in [7, 11) is 0. The van der Waals surface area contributed by atoms with E-state index in [0.717, 1.165) is 37.3 Å². The molecule has 14 heteroatoms. The summed E-state index contributed by atoms with van der Waals surface area (Å²) in [5.74, 6) is -1.07. The monoisotopic (exact) mass is 670 g/mol. The average molecular weight is 671 g/mol. The Labute approximate surface area is 267 Å². The number of anilines is 1. The maximum Gasteiger partial charge on any atom is 0.416 e. The van der Waals surface area contributed by atoms with Crippen LogP contribution in [-0.4, -0.2) is 47.1 Å². The molecular weight excluding hydrogens is 634 g/mol. The second-order valence-electron chi connectivity index (χ2n) is 12.2. The zero-order valence-corrected chi connectivity index (χ0v) is 26.4. The summed E-state index contributed by atoms with van der Waals surface area (Å²) in [6.07, 6.45) is -8.60. The summed E-state index contributed by atoms with van der Waals surface area (Å²) in [4.78, 5) is 32.3. The van der Waals surface area contributed by atoms with Crippen molar-refractivity contribution in [1.29, 1.82) is 0 Å². The minimum atomic E-state index is -5.01. The number of amides is 2. The van der Waals surface area contributed by atoms with Crippen molar-refractivity contribution in [2.45, 2.75) is 76.4 Å². The van der Waals surface area contributed by atoms with E-state index in [1.807, 2.05) is 18.2 Å². The minimum absolute atomic E-state index is 0.0452. The largest absolute Gasteiger partial charge is 0.444 e. The predicted octanol–water partition coefficient (Wildman–Crippen LogP) is 8.20. The SMILES string of the molecule is CC(C)(C)OC(=O)Nc1nc([C@@H](CCN2CCC(c3ccccc3)CC2)C(=O)NCc2cc(C(F)(F)F)cc(C(F)(F)F)c2)cs1. The van der Waals surface area contributed by atoms with Crippen LogP contribution in [0.4, 0.5) is 36.3 Å². The van der Waals surface area contributed by atoms with Gasteiger partial charge < -0.3 is 15.0 Å². The number of nitrogens with zero attached hydrogens (tertiary/aromatic N) is 2. The third kappa shape index (κ3) is 10.2. The summed E-state index contributed by atoms with van der Waals surface area (Å²) < 4.78 is 85.4. The molecular formula is C32H36F6N4O3S. The molecule has 2 amide bonds. The average Bonchev–Trinajstić information content (AvgIpc) is 3.42. The number of halogens is 6. The number of hydrogen-bond donors (Lipinski definition) is 2. The van der Waals surface area contributed by atoms with Crippen molar-refractivity contribution in [3.8, 4) is 0 Å². The Morgan fingerprint density at radius 2 is 1.59 bits per heavy atom. The van der Waals surface area contributed by atoms with E-state index in [2.05, 4.69) is 32.7 Å². The molecule has 250 valence electrons. The Balaban J connectivity index is 1.48. The first-order valence-electron chi connectivity index (χ1n) is 14.8. The van der Waals surface area contributed by atoms with E-state index in [4.69, 9.17) is 4.74 Å². The van der Waals surface area contributed by atoms with E-state index >= 15 is 0 Å². The maximum atomic E-state index is 13.5. The Hall–Kier alpha value is -3.65. The van der Waals surface area contributed by atoms with Gasteiger partial charge in [-0.15, -0.1) is 11.3 Å². The number of piperidine rings is 1. The molecule has 1 aliphatic heterocycles. The molecule has 1 fully saturated rings. The van der Waals surface area contributed by atoms with Gasteiger partial charge in [-0.1, -0.05) is 30.3 Å². The number of rotatable bonds is 9. The van der Waals surface area contributed by atoms with E-state index in [9.17, 15) is 35.9 Å². The molecule has 0 aliphatic carbocycles. The highest BCUT2D eigenvalue weighted by Gasteiger charge is 2.37. The van der Waals surface area contributed by atoms with Crippen molar-refractivity contribution in [3.05, 3.63) is 81.9 Å². The summed E-state index contributed by atoms with van der Waals surface area (Å²) in [6.45, 7) is 6.63. The number of aromatic nitrogens is 1. The second kappa shape index (κ2) is 14.4. The Morgan fingerprint density at radius 1 is 0.978 bits per heavy atom. The molecule has 0 unspecified atom stereocenters. The van der Waals surface area contributed by atoms with E-state index in [0.29, 0.717) is 30.3 Å². The molecule has 1 aromatic heterocycles. The maximum absolute atomic E-state index is 13.5. The molecule has 1 aliphatic rings. The quantitative estimate of drug-likeness (QED) is 0.224. The highest BCUT2D eigenvalue weighted by molar-refractivity contribution is 7.13. The third-order valence-electron chi connectivity index (χ3n) is 7.51. The van der Waals surface area contributed by atoms with Gasteiger partial charge in [0.25, 0.3) is 0 Å². The third-order valence-corrected chi connectivity index (χ3v) is 8.29. The van der Waals surface area contributed by atoms with Gasteiger partial charge in [-0.25, -0.2) is 9.78 Å². The number of alkyl halides is 6. The minimum Gasteiger partial charge on any atom is -0.444 e. The lowest BCUT2D eigenvalue weighted by Gasteiger charge is -2.32. The highest BCUT2D eigenvalue weighted by Crippen LogP contribution is 2.36. The fraction of sp³-hybridized carbons (Fsp3) is 0.469. The van der Waals surface area contributed by atoms with Gasteiger partial charge in [0, 0.05) is 11.9 Å². The van der Waals surface area contributed by atoms with Gasteiger partial charge in [0.1, 0.15) is 5.60 Å². The van der Waals surface area contributed by atoms with Gasteiger partial charge in [-0.05, 0) is 94.9 Å². The van der Waals surface area contributed by atoms with Crippen molar-refractivity contribution in [3.63, 3.8) is 0 Å². The van der Waals surface area contributed by atoms with Crippen molar-refractivity contribution in [2.24, 2.45) is 0 Å². The lowest BCUT2D eigenvalue weighted by molar-refractivity contribution is -0.143. The van der Waals surface area contributed by atoms with Gasteiger partial charge >= 0.3 is 18.4 Å². The molecule has 4 rings (SSSR count). The van der Waals surface area contributed by atoms with Crippen LogP contribution in [0.2, 0.25) is 0 Å². The van der Waals surface area contributed by atoms with E-state index in [1.165, 1.54) is 5.56 Å². The van der Waals surface area contributed by atoms with Gasteiger partial charge in [-0.2, -0.15) is 26.3 Å². The molecule has 2 N–H and O–H groups in total. The number of nitrogens with one attached hydrogen (secondary N) is 2. The molecule has 7 nitrogen and oxygen atoms in total. The van der Waals surface area contributed by atoms with Crippen LogP contribution in [0.15, 0.2) is 53.9 Å². The molecule has 0 spiro atoms. The van der Waals surface area contributed by atoms with Crippen molar-refractivity contribution >= 4 is 28.5 Å². The number of hydrogen-bond acceptors (Lipinski definition) is 6. The van der Waals surface area contributed by atoms with Crippen LogP contribution in [0.25, 0.3) is 0 Å². The van der Waals surface area contributed by atoms with Gasteiger partial charge in [-0.3, -0.25) is 10.1 Å². The Kier molecular flexibility index (Phi) is 11.0. The Morgan fingerprint density at radius 3 is 2.15 bits per heavy atom. The molecule has 0 bridgehead atoms. The second-order valence-corrected chi connectivity index (χ2v) is 13.1. The molecule has 0 saturated carbocycles. The molecule has 3 aromatic rings. The predicted molar refractivity (Wildman–Crippen MR) is 162 cm³/mol. The van der Waals surface area contributed by atoms with Crippen LogP contribution in [0, 0.1) is 0 Å². The summed E-state index contributed by atoms with van der Waals surface area (Å²) in [5.41, 5.74) is -2.43. The molecule has 2 aromatic carbocycles. The van der Waals surface area contributed by atoms with Crippen LogP contribution in [-0.2, 0) is 28.4 Å². The van der Waals surface area contributed by atoms with Gasteiger partial charge in [0.05, 0.1) is 22.7 Å². The van der Waals surface area contributed by atoms with Crippen molar-refractivity contribution < 1.29 is 40.7 Å². The smallest absolute Gasteiger partial charge is 0.416 e. The molecule has 2 heterocycles. The van der Waals surface area contributed by atoms with Gasteiger partial charge in [0.15, 0.2) is 5.13 Å². The first-order valence-corrected chi connectivity index (χ1v) is 15.6. The Bertz CT molecular complexity index is 1450. The fourth-order valence-corrected chi connectivity index (χ4v) is 6.02. The fourth-order valence-electron chi connectivity index (χ4n) is 5.27. The zero-order valence-electron chi connectivity index (χ0n) is 25.6. The van der Waals surface area contributed by atoms with Crippen molar-refractivity contribution in [2.75, 3.05) is 25.0 Å². The lowest BCUT2D eigenvalue weighted by atomic mass is 9.89. The molecule has 1 atom stereocenters. The lowest BCUT2D eigenvalue weighted by Crippen LogP contribution is -2.36. The number of benzene rings is 2. The molecule has 0 radical (unpaired) electrons. The number of thiazole rings is 1. The van der Waals surface area contributed by atoms with Crippen LogP contribution < -0.4 is 10.6 Å². The number of carbonyl (C=O) groups excluding carboxylic acids is 2. The van der Waals surface area contributed by atoms with Crippen LogP contribution in [0.1, 0.15) is 79.8 Å². The van der Waals surface area contributed by atoms with Crippen molar-refractivity contribution in [1.82, 2.24) is 15.2 Å². The van der Waals surface area contributed by atoms with Gasteiger partial charge in [0.2, 0.25) is 5.91 Å². The zero-order chi connectivity index (χ0) is 33.7.